The van der Waals surface area contributed by atoms with Crippen LogP contribution in [-0.4, -0.2) is 20.4 Å². The summed E-state index contributed by atoms with van der Waals surface area (Å²) in [5.41, 5.74) is 0.533. The number of rotatable bonds is 3. The molecule has 0 bridgehead atoms. The van der Waals surface area contributed by atoms with E-state index in [1.807, 2.05) is 0 Å². The summed E-state index contributed by atoms with van der Waals surface area (Å²) in [7, 11) is -3.92. The third kappa shape index (κ3) is 2.72. The maximum absolute atomic E-state index is 12.3. The molecule has 21 heavy (non-hydrogen) atoms. The number of primary sulfonamides is 1. The first-order valence-electron chi connectivity index (χ1n) is 7.26. The Kier molecular flexibility index (Phi) is 3.37. The Morgan fingerprint density at radius 1 is 1.38 bits per heavy atom. The predicted octanol–water partition coefficient (Wildman–Crippen LogP) is 1.69. The summed E-state index contributed by atoms with van der Waals surface area (Å²) in [6.45, 7) is 1.56. The number of amides is 1. The van der Waals surface area contributed by atoms with Crippen LogP contribution in [0.15, 0.2) is 15.6 Å². The predicted molar refractivity (Wildman–Crippen MR) is 76.2 cm³/mol. The van der Waals surface area contributed by atoms with Crippen molar-refractivity contribution in [1.82, 2.24) is 5.32 Å². The third-order valence-corrected chi connectivity index (χ3v) is 5.53. The van der Waals surface area contributed by atoms with Gasteiger partial charge >= 0.3 is 0 Å². The highest BCUT2D eigenvalue weighted by Crippen LogP contribution is 2.56. The van der Waals surface area contributed by atoms with E-state index in [2.05, 4.69) is 5.32 Å². The summed E-state index contributed by atoms with van der Waals surface area (Å²) in [5, 5.41) is 7.65. The quantitative estimate of drug-likeness (QED) is 0.886. The zero-order chi connectivity index (χ0) is 15.3. The first-order valence-corrected chi connectivity index (χ1v) is 8.81. The van der Waals surface area contributed by atoms with Crippen molar-refractivity contribution in [3.63, 3.8) is 0 Å². The maximum Gasteiger partial charge on any atom is 0.271 e. The smallest absolute Gasteiger partial charge is 0.271 e. The molecule has 3 N–H and O–H groups in total. The lowest BCUT2D eigenvalue weighted by Crippen LogP contribution is -2.30. The van der Waals surface area contributed by atoms with Gasteiger partial charge < -0.3 is 9.73 Å². The molecular weight excluding hydrogens is 292 g/mol. The van der Waals surface area contributed by atoms with Gasteiger partial charge in [0.05, 0.1) is 5.56 Å². The number of hydrogen-bond donors (Lipinski definition) is 2. The second kappa shape index (κ2) is 4.84. The van der Waals surface area contributed by atoms with E-state index >= 15 is 0 Å². The number of aryl methyl sites for hydroxylation is 1. The molecule has 2 saturated carbocycles. The fraction of sp³-hybridized carbons (Fsp3) is 0.643. The summed E-state index contributed by atoms with van der Waals surface area (Å²) < 4.78 is 27.6. The summed E-state index contributed by atoms with van der Waals surface area (Å²) in [6.07, 6.45) is 7.10. The normalized spacial score (nSPS) is 24.0. The van der Waals surface area contributed by atoms with Crippen molar-refractivity contribution in [2.24, 2.45) is 10.6 Å². The number of furan rings is 1. The molecule has 1 heterocycles. The van der Waals surface area contributed by atoms with Gasteiger partial charge in [-0.2, -0.15) is 0 Å². The SMILES string of the molecule is Cc1oc(S(N)(=O)=O)cc1C(=O)NC1CC12CCCCC2. The molecule has 3 rings (SSSR count). The molecule has 1 aromatic heterocycles. The summed E-state index contributed by atoms with van der Waals surface area (Å²) in [6, 6.07) is 1.41. The van der Waals surface area contributed by atoms with Crippen LogP contribution < -0.4 is 10.5 Å². The van der Waals surface area contributed by atoms with Crippen LogP contribution >= 0.6 is 0 Å². The molecule has 1 aromatic rings. The number of carbonyl (C=O) groups is 1. The van der Waals surface area contributed by atoms with Gasteiger partial charge in [0.2, 0.25) is 5.09 Å². The number of nitrogens with two attached hydrogens (primary N) is 1. The van der Waals surface area contributed by atoms with Gasteiger partial charge in [0.15, 0.2) is 0 Å². The van der Waals surface area contributed by atoms with Crippen LogP contribution in [0.1, 0.15) is 54.6 Å². The van der Waals surface area contributed by atoms with E-state index in [9.17, 15) is 13.2 Å². The molecule has 1 atom stereocenters. The molecule has 1 unspecified atom stereocenters. The van der Waals surface area contributed by atoms with Crippen molar-refractivity contribution >= 4 is 15.9 Å². The Morgan fingerprint density at radius 2 is 2.05 bits per heavy atom. The van der Waals surface area contributed by atoms with E-state index in [0.29, 0.717) is 0 Å². The fourth-order valence-corrected chi connectivity index (χ4v) is 3.94. The second-order valence-electron chi connectivity index (χ2n) is 6.23. The van der Waals surface area contributed by atoms with E-state index in [1.54, 1.807) is 6.92 Å². The highest BCUT2D eigenvalue weighted by molar-refractivity contribution is 7.89. The van der Waals surface area contributed by atoms with Crippen molar-refractivity contribution in [1.29, 1.82) is 0 Å². The topological polar surface area (TPSA) is 102 Å². The minimum Gasteiger partial charge on any atom is -0.448 e. The van der Waals surface area contributed by atoms with E-state index in [-0.39, 0.29) is 33.8 Å². The average Bonchev–Trinajstić information content (AvgIpc) is 2.87. The van der Waals surface area contributed by atoms with Crippen LogP contribution in [0.2, 0.25) is 0 Å². The Bertz CT molecular complexity index is 671. The third-order valence-electron chi connectivity index (χ3n) is 4.76. The van der Waals surface area contributed by atoms with Gasteiger partial charge in [-0.15, -0.1) is 0 Å². The van der Waals surface area contributed by atoms with E-state index in [0.717, 1.165) is 6.42 Å². The number of hydrogen-bond acceptors (Lipinski definition) is 4. The van der Waals surface area contributed by atoms with Crippen molar-refractivity contribution < 1.29 is 17.6 Å². The van der Waals surface area contributed by atoms with Crippen LogP contribution in [0.5, 0.6) is 0 Å². The lowest BCUT2D eigenvalue weighted by atomic mass is 9.86. The van der Waals surface area contributed by atoms with Gasteiger partial charge in [-0.25, -0.2) is 13.6 Å². The maximum atomic E-state index is 12.3. The molecule has 7 heteroatoms. The number of carbonyl (C=O) groups excluding carboxylic acids is 1. The first kappa shape index (κ1) is 14.6. The minimum absolute atomic E-state index is 0.206. The highest BCUT2D eigenvalue weighted by atomic mass is 32.2. The fourth-order valence-electron chi connectivity index (χ4n) is 3.42. The number of sulfonamides is 1. The molecule has 1 spiro atoms. The minimum atomic E-state index is -3.92. The van der Waals surface area contributed by atoms with Gasteiger partial charge in [0, 0.05) is 12.1 Å². The van der Waals surface area contributed by atoms with Crippen LogP contribution in [0.4, 0.5) is 0 Å². The Morgan fingerprint density at radius 3 is 2.62 bits per heavy atom. The van der Waals surface area contributed by atoms with Gasteiger partial charge in [-0.05, 0) is 31.6 Å². The Labute approximate surface area is 124 Å². The average molecular weight is 312 g/mol. The molecule has 0 aliphatic heterocycles. The molecule has 0 radical (unpaired) electrons. The highest BCUT2D eigenvalue weighted by Gasteiger charge is 2.54. The van der Waals surface area contributed by atoms with Crippen LogP contribution in [-0.2, 0) is 10.0 Å². The second-order valence-corrected chi connectivity index (χ2v) is 7.73. The van der Waals surface area contributed by atoms with Crippen LogP contribution in [0.25, 0.3) is 0 Å². The number of nitrogens with one attached hydrogen (secondary N) is 1. The van der Waals surface area contributed by atoms with E-state index in [4.69, 9.17) is 9.56 Å². The molecule has 0 aromatic carbocycles. The summed E-state index contributed by atoms with van der Waals surface area (Å²) in [4.78, 5) is 12.3. The molecular formula is C14H20N2O4S. The monoisotopic (exact) mass is 312 g/mol. The van der Waals surface area contributed by atoms with E-state index in [1.165, 1.54) is 38.2 Å². The molecule has 2 aliphatic rings. The first-order chi connectivity index (χ1) is 9.82. The Balaban J connectivity index is 1.71. The standard InChI is InChI=1S/C14H20N2O4S/c1-9-10(7-12(20-9)21(15,18)19)13(17)16-11-8-14(11)5-3-2-4-6-14/h7,11H,2-6,8H2,1H3,(H,16,17)(H2,15,18,19). The molecule has 1 amide bonds. The van der Waals surface area contributed by atoms with Gasteiger partial charge in [-0.1, -0.05) is 19.3 Å². The molecule has 116 valence electrons. The molecule has 2 aliphatic carbocycles. The van der Waals surface area contributed by atoms with Crippen molar-refractivity contribution in [2.75, 3.05) is 0 Å². The van der Waals surface area contributed by atoms with Crippen molar-refractivity contribution in [2.45, 2.75) is 56.6 Å². The van der Waals surface area contributed by atoms with Crippen LogP contribution in [0, 0.1) is 12.3 Å². The lowest BCUT2D eigenvalue weighted by molar-refractivity contribution is 0.0940. The largest absolute Gasteiger partial charge is 0.448 e. The van der Waals surface area contributed by atoms with Crippen molar-refractivity contribution in [3.05, 3.63) is 17.4 Å². The molecule has 6 nitrogen and oxygen atoms in total. The zero-order valence-corrected chi connectivity index (χ0v) is 12.8. The lowest BCUT2D eigenvalue weighted by Gasteiger charge is -2.22. The van der Waals surface area contributed by atoms with E-state index < -0.39 is 10.0 Å². The molecule has 0 saturated heterocycles. The van der Waals surface area contributed by atoms with Crippen LogP contribution in [0.3, 0.4) is 0 Å². The Hall–Kier alpha value is -1.34. The van der Waals surface area contributed by atoms with Gasteiger partial charge in [0.25, 0.3) is 15.9 Å². The summed E-state index contributed by atoms with van der Waals surface area (Å²) >= 11 is 0. The zero-order valence-electron chi connectivity index (χ0n) is 12.0. The van der Waals surface area contributed by atoms with Gasteiger partial charge in [0.1, 0.15) is 5.76 Å². The van der Waals surface area contributed by atoms with Gasteiger partial charge in [-0.3, -0.25) is 4.79 Å². The van der Waals surface area contributed by atoms with Crippen molar-refractivity contribution in [3.8, 4) is 0 Å². The summed E-state index contributed by atoms with van der Waals surface area (Å²) in [5.74, 6) is -0.00605. The molecule has 2 fully saturated rings.